The normalized spacial score (nSPS) is 12.8. The summed E-state index contributed by atoms with van der Waals surface area (Å²) in [5.74, 6) is -0.0828. The standard InChI is InChI=1S/C51H97NO5/c1-3-5-7-9-11-13-23-27-31-35-39-43-49(54)48(47-53)52-50(55)44-40-36-32-28-25-21-19-17-15-16-18-20-22-26-30-34-38-42-46-57-51(56)45-41-37-33-29-24-14-12-10-8-6-4-2/h17,19,39,43,48-49,53-54H,3-16,18,20-38,40-42,44-47H2,1-2H3,(H,52,55)/b19-17-,43-39+. The molecule has 6 nitrogen and oxygen atoms in total. The Labute approximate surface area is 354 Å². The maximum Gasteiger partial charge on any atom is 0.305 e. The number of carbonyl (C=O) groups is 2. The minimum absolute atomic E-state index is 0.00119. The monoisotopic (exact) mass is 804 g/mol. The van der Waals surface area contributed by atoms with Crippen molar-refractivity contribution in [2.75, 3.05) is 13.2 Å². The van der Waals surface area contributed by atoms with Crippen molar-refractivity contribution >= 4 is 11.9 Å². The molecule has 0 spiro atoms. The van der Waals surface area contributed by atoms with Crippen molar-refractivity contribution in [3.8, 4) is 0 Å². The average Bonchev–Trinajstić information content (AvgIpc) is 3.21. The number of amides is 1. The highest BCUT2D eigenvalue weighted by Crippen LogP contribution is 2.15. The fourth-order valence-corrected chi connectivity index (χ4v) is 7.57. The summed E-state index contributed by atoms with van der Waals surface area (Å²) >= 11 is 0. The Hall–Kier alpha value is -1.66. The van der Waals surface area contributed by atoms with E-state index in [1.807, 2.05) is 6.08 Å². The molecule has 0 aromatic heterocycles. The Kier molecular flexibility index (Phi) is 45.7. The Morgan fingerprint density at radius 1 is 0.474 bits per heavy atom. The van der Waals surface area contributed by atoms with Gasteiger partial charge in [-0.15, -0.1) is 0 Å². The fraction of sp³-hybridized carbons (Fsp3) is 0.882. The number of aliphatic hydroxyl groups excluding tert-OH is 2. The van der Waals surface area contributed by atoms with Crippen LogP contribution in [0.5, 0.6) is 0 Å². The Morgan fingerprint density at radius 2 is 0.825 bits per heavy atom. The average molecular weight is 804 g/mol. The summed E-state index contributed by atoms with van der Waals surface area (Å²) in [7, 11) is 0. The molecule has 0 saturated carbocycles. The molecular formula is C51H97NO5. The predicted molar refractivity (Wildman–Crippen MR) is 246 cm³/mol. The molecule has 0 radical (unpaired) electrons. The summed E-state index contributed by atoms with van der Waals surface area (Å²) in [4.78, 5) is 24.3. The van der Waals surface area contributed by atoms with Crippen LogP contribution in [0.15, 0.2) is 24.3 Å². The van der Waals surface area contributed by atoms with Crippen molar-refractivity contribution in [1.29, 1.82) is 0 Å². The minimum Gasteiger partial charge on any atom is -0.466 e. The van der Waals surface area contributed by atoms with Crippen LogP contribution in [0.1, 0.15) is 264 Å². The van der Waals surface area contributed by atoms with E-state index in [0.717, 1.165) is 57.8 Å². The van der Waals surface area contributed by atoms with Gasteiger partial charge in [0.25, 0.3) is 0 Å². The van der Waals surface area contributed by atoms with Crippen molar-refractivity contribution in [2.24, 2.45) is 0 Å². The van der Waals surface area contributed by atoms with Gasteiger partial charge in [-0.3, -0.25) is 9.59 Å². The highest BCUT2D eigenvalue weighted by molar-refractivity contribution is 5.76. The van der Waals surface area contributed by atoms with Crippen LogP contribution in [0, 0.1) is 0 Å². The van der Waals surface area contributed by atoms with Crippen molar-refractivity contribution in [3.63, 3.8) is 0 Å². The first kappa shape index (κ1) is 55.3. The lowest BCUT2D eigenvalue weighted by Crippen LogP contribution is -2.45. The number of aliphatic hydroxyl groups is 2. The number of nitrogens with one attached hydrogen (secondary N) is 1. The maximum absolute atomic E-state index is 12.4. The van der Waals surface area contributed by atoms with Crippen LogP contribution < -0.4 is 5.32 Å². The van der Waals surface area contributed by atoms with Gasteiger partial charge in [-0.1, -0.05) is 218 Å². The molecule has 336 valence electrons. The second-order valence-corrected chi connectivity index (χ2v) is 17.1. The third kappa shape index (κ3) is 43.7. The van der Waals surface area contributed by atoms with E-state index in [1.54, 1.807) is 6.08 Å². The quantitative estimate of drug-likeness (QED) is 0.0324. The third-order valence-corrected chi connectivity index (χ3v) is 11.5. The molecule has 0 rings (SSSR count). The maximum atomic E-state index is 12.4. The predicted octanol–water partition coefficient (Wildman–Crippen LogP) is 14.7. The van der Waals surface area contributed by atoms with E-state index in [0.29, 0.717) is 19.4 Å². The zero-order valence-electron chi connectivity index (χ0n) is 38.1. The number of unbranched alkanes of at least 4 members (excludes halogenated alkanes) is 33. The SMILES string of the molecule is CCCCCCCCCCC/C=C/C(O)C(CO)NC(=O)CCCCCCC/C=C\CCCCCCCCCCCOC(=O)CCCCCCCCCCCCC. The van der Waals surface area contributed by atoms with E-state index < -0.39 is 12.1 Å². The molecule has 2 unspecified atom stereocenters. The molecule has 0 aliphatic rings. The van der Waals surface area contributed by atoms with Crippen molar-refractivity contribution in [3.05, 3.63) is 24.3 Å². The van der Waals surface area contributed by atoms with Crippen LogP contribution >= 0.6 is 0 Å². The summed E-state index contributed by atoms with van der Waals surface area (Å²) in [5, 5.41) is 22.9. The number of allylic oxidation sites excluding steroid dienone is 3. The van der Waals surface area contributed by atoms with E-state index in [1.165, 1.54) is 180 Å². The van der Waals surface area contributed by atoms with Crippen LogP contribution in [0.4, 0.5) is 0 Å². The van der Waals surface area contributed by atoms with Crippen LogP contribution in [0.3, 0.4) is 0 Å². The lowest BCUT2D eigenvalue weighted by molar-refractivity contribution is -0.143. The summed E-state index contributed by atoms with van der Waals surface area (Å²) in [6.07, 6.45) is 54.6. The molecule has 0 aromatic rings. The summed E-state index contributed by atoms with van der Waals surface area (Å²) in [6.45, 7) is 4.86. The smallest absolute Gasteiger partial charge is 0.305 e. The molecular weight excluding hydrogens is 707 g/mol. The molecule has 0 aliphatic carbocycles. The third-order valence-electron chi connectivity index (χ3n) is 11.5. The number of carbonyl (C=O) groups excluding carboxylic acids is 2. The Bertz CT molecular complexity index is 889. The molecule has 0 aromatic carbocycles. The van der Waals surface area contributed by atoms with Crippen LogP contribution in [0.25, 0.3) is 0 Å². The van der Waals surface area contributed by atoms with Crippen molar-refractivity contribution in [2.45, 2.75) is 276 Å². The first-order valence-corrected chi connectivity index (χ1v) is 25.1. The molecule has 57 heavy (non-hydrogen) atoms. The van der Waals surface area contributed by atoms with Gasteiger partial charge in [-0.05, 0) is 57.8 Å². The molecule has 2 atom stereocenters. The molecule has 0 aliphatic heterocycles. The van der Waals surface area contributed by atoms with Crippen molar-refractivity contribution in [1.82, 2.24) is 5.32 Å². The highest BCUT2D eigenvalue weighted by atomic mass is 16.5. The second-order valence-electron chi connectivity index (χ2n) is 17.1. The molecule has 1 amide bonds. The first-order valence-electron chi connectivity index (χ1n) is 25.1. The van der Waals surface area contributed by atoms with E-state index in [4.69, 9.17) is 4.74 Å². The Balaban J connectivity index is 3.47. The second kappa shape index (κ2) is 47.0. The fourth-order valence-electron chi connectivity index (χ4n) is 7.57. The number of rotatable bonds is 46. The van der Waals surface area contributed by atoms with E-state index in [-0.39, 0.29) is 18.5 Å². The number of hydrogen-bond donors (Lipinski definition) is 3. The first-order chi connectivity index (χ1) is 28.0. The van der Waals surface area contributed by atoms with Gasteiger partial charge in [-0.2, -0.15) is 0 Å². The molecule has 6 heteroatoms. The van der Waals surface area contributed by atoms with E-state index >= 15 is 0 Å². The van der Waals surface area contributed by atoms with E-state index in [2.05, 4.69) is 31.3 Å². The number of hydrogen-bond acceptors (Lipinski definition) is 5. The van der Waals surface area contributed by atoms with Gasteiger partial charge in [0.15, 0.2) is 0 Å². The van der Waals surface area contributed by atoms with Gasteiger partial charge >= 0.3 is 5.97 Å². The van der Waals surface area contributed by atoms with Gasteiger partial charge in [0, 0.05) is 12.8 Å². The minimum atomic E-state index is -0.850. The molecule has 0 bridgehead atoms. The number of esters is 1. The van der Waals surface area contributed by atoms with Gasteiger partial charge < -0.3 is 20.3 Å². The van der Waals surface area contributed by atoms with Crippen LogP contribution in [0.2, 0.25) is 0 Å². The largest absolute Gasteiger partial charge is 0.466 e. The highest BCUT2D eigenvalue weighted by Gasteiger charge is 2.18. The van der Waals surface area contributed by atoms with Crippen LogP contribution in [-0.4, -0.2) is 47.4 Å². The molecule has 0 heterocycles. The Morgan fingerprint density at radius 3 is 1.25 bits per heavy atom. The van der Waals surface area contributed by atoms with Crippen molar-refractivity contribution < 1.29 is 24.5 Å². The molecule has 0 fully saturated rings. The van der Waals surface area contributed by atoms with Crippen LogP contribution in [-0.2, 0) is 14.3 Å². The summed E-state index contributed by atoms with van der Waals surface area (Å²) in [5.41, 5.74) is 0. The summed E-state index contributed by atoms with van der Waals surface area (Å²) in [6, 6.07) is -0.635. The van der Waals surface area contributed by atoms with E-state index in [9.17, 15) is 19.8 Å². The van der Waals surface area contributed by atoms with Gasteiger partial charge in [0.2, 0.25) is 5.91 Å². The topological polar surface area (TPSA) is 95.9 Å². The van der Waals surface area contributed by atoms with Gasteiger partial charge in [0.1, 0.15) is 0 Å². The lowest BCUT2D eigenvalue weighted by atomic mass is 10.1. The van der Waals surface area contributed by atoms with Gasteiger partial charge in [-0.25, -0.2) is 0 Å². The zero-order valence-corrected chi connectivity index (χ0v) is 38.1. The lowest BCUT2D eigenvalue weighted by Gasteiger charge is -2.20. The van der Waals surface area contributed by atoms with Gasteiger partial charge in [0.05, 0.1) is 25.4 Å². The number of ether oxygens (including phenoxy) is 1. The molecule has 0 saturated heterocycles. The zero-order chi connectivity index (χ0) is 41.5. The summed E-state index contributed by atoms with van der Waals surface area (Å²) < 4.78 is 5.45. The molecule has 3 N–H and O–H groups in total.